The van der Waals surface area contributed by atoms with Crippen LogP contribution in [0.1, 0.15) is 45.6 Å². The Morgan fingerprint density at radius 2 is 2.00 bits per heavy atom. The van der Waals surface area contributed by atoms with Crippen molar-refractivity contribution in [2.24, 2.45) is 16.7 Å². The maximum absolute atomic E-state index is 12.2. The normalized spacial score (nSPS) is 33.1. The van der Waals surface area contributed by atoms with Gasteiger partial charge >= 0.3 is 5.97 Å². The Labute approximate surface area is 127 Å². The van der Waals surface area contributed by atoms with Crippen molar-refractivity contribution >= 4 is 5.97 Å². The monoisotopic (exact) mass is 288 g/mol. The molecule has 1 aromatic rings. The van der Waals surface area contributed by atoms with Crippen LogP contribution in [0.2, 0.25) is 0 Å². The number of ether oxygens (including phenoxy) is 1. The predicted molar refractivity (Wildman–Crippen MR) is 80.5 cm³/mol. The summed E-state index contributed by atoms with van der Waals surface area (Å²) in [6, 6.07) is 4.02. The molecule has 0 saturated heterocycles. The van der Waals surface area contributed by atoms with E-state index in [1.54, 1.807) is 0 Å². The van der Waals surface area contributed by atoms with Gasteiger partial charge in [0, 0.05) is 17.5 Å². The van der Waals surface area contributed by atoms with Crippen molar-refractivity contribution in [1.82, 2.24) is 0 Å². The highest BCUT2D eigenvalue weighted by Gasteiger charge is 2.62. The third-order valence-electron chi connectivity index (χ3n) is 6.36. The number of carbonyl (C=O) groups excluding carboxylic acids is 1. The number of nitrogens with zero attached hydrogens (tertiary/aromatic N) is 1. The Morgan fingerprint density at radius 3 is 2.52 bits per heavy atom. The fraction of sp³-hybridized carbons (Fsp3) is 0.667. The maximum Gasteiger partial charge on any atom is 0.372 e. The summed E-state index contributed by atoms with van der Waals surface area (Å²) in [5.74, 6) is 0.589. The molecule has 0 unspecified atom stereocenters. The van der Waals surface area contributed by atoms with Gasteiger partial charge in [-0.15, -0.1) is 0 Å². The first kappa shape index (κ1) is 14.6. The molecule has 2 bridgehead atoms. The van der Waals surface area contributed by atoms with Crippen LogP contribution in [0.25, 0.3) is 0 Å². The average Bonchev–Trinajstić information content (AvgIpc) is 2.74. The molecule has 0 spiro atoms. The highest BCUT2D eigenvalue weighted by atomic mass is 16.5. The van der Waals surface area contributed by atoms with Crippen molar-refractivity contribution in [3.05, 3.63) is 30.1 Å². The molecule has 3 heteroatoms. The van der Waals surface area contributed by atoms with Crippen molar-refractivity contribution in [2.45, 2.75) is 59.6 Å². The number of fused-ring (bicyclic) bond motifs is 2. The Balaban J connectivity index is 1.65. The van der Waals surface area contributed by atoms with E-state index in [9.17, 15) is 4.79 Å². The molecule has 2 aliphatic rings. The molecule has 2 saturated carbocycles. The minimum Gasteiger partial charge on any atom is -0.457 e. The van der Waals surface area contributed by atoms with Gasteiger partial charge in [-0.05, 0) is 43.1 Å². The molecule has 1 heterocycles. The summed E-state index contributed by atoms with van der Waals surface area (Å²) in [5.41, 5.74) is 1.63. The molecule has 3 nitrogen and oxygen atoms in total. The van der Waals surface area contributed by atoms with E-state index in [0.29, 0.717) is 12.5 Å². The Bertz CT molecular complexity index is 549. The van der Waals surface area contributed by atoms with Gasteiger partial charge < -0.3 is 4.74 Å². The molecule has 114 valence electrons. The highest BCUT2D eigenvalue weighted by Crippen LogP contribution is 2.66. The van der Waals surface area contributed by atoms with Crippen LogP contribution in [-0.4, -0.2) is 12.1 Å². The van der Waals surface area contributed by atoms with Gasteiger partial charge in [-0.1, -0.05) is 20.8 Å². The summed E-state index contributed by atoms with van der Waals surface area (Å²) in [6.45, 7) is 9.33. The molecular formula is C18H26NO2+. The lowest BCUT2D eigenvalue weighted by Crippen LogP contribution is -2.43. The molecule has 0 N–H and O–H groups in total. The molecule has 0 radical (unpaired) electrons. The lowest BCUT2D eigenvalue weighted by atomic mass is 9.70. The SMILES string of the molecule is Cc1cc[n+](CC(=O)O[C@H]2C[C@H]3CC[C@]2(C)C3(C)C)cc1. The van der Waals surface area contributed by atoms with Gasteiger partial charge in [0.15, 0.2) is 12.4 Å². The van der Waals surface area contributed by atoms with Crippen LogP contribution >= 0.6 is 0 Å². The number of esters is 1. The van der Waals surface area contributed by atoms with Gasteiger partial charge in [0.25, 0.3) is 0 Å². The summed E-state index contributed by atoms with van der Waals surface area (Å²) in [4.78, 5) is 12.2. The lowest BCUT2D eigenvalue weighted by molar-refractivity contribution is -0.686. The lowest BCUT2D eigenvalue weighted by Gasteiger charge is -2.38. The fourth-order valence-electron chi connectivity index (χ4n) is 4.29. The topological polar surface area (TPSA) is 30.2 Å². The molecule has 1 aromatic heterocycles. The number of rotatable bonds is 3. The average molecular weight is 288 g/mol. The molecule has 2 fully saturated rings. The minimum absolute atomic E-state index is 0.0878. The van der Waals surface area contributed by atoms with E-state index in [2.05, 4.69) is 20.8 Å². The van der Waals surface area contributed by atoms with Gasteiger partial charge in [-0.3, -0.25) is 0 Å². The Hall–Kier alpha value is -1.38. The number of aryl methyl sites for hydroxylation is 1. The van der Waals surface area contributed by atoms with Gasteiger partial charge in [0.05, 0.1) is 0 Å². The van der Waals surface area contributed by atoms with E-state index < -0.39 is 0 Å². The summed E-state index contributed by atoms with van der Waals surface area (Å²) >= 11 is 0. The van der Waals surface area contributed by atoms with Crippen LogP contribution in [0.3, 0.4) is 0 Å². The van der Waals surface area contributed by atoms with Crippen LogP contribution in [0.4, 0.5) is 0 Å². The Morgan fingerprint density at radius 1 is 1.33 bits per heavy atom. The van der Waals surface area contributed by atoms with Crippen LogP contribution in [0.5, 0.6) is 0 Å². The largest absolute Gasteiger partial charge is 0.457 e. The van der Waals surface area contributed by atoms with E-state index in [0.717, 1.165) is 6.42 Å². The highest BCUT2D eigenvalue weighted by molar-refractivity contribution is 5.68. The van der Waals surface area contributed by atoms with Gasteiger partial charge in [-0.25, -0.2) is 4.79 Å². The maximum atomic E-state index is 12.2. The first-order valence-electron chi connectivity index (χ1n) is 7.98. The first-order valence-corrected chi connectivity index (χ1v) is 7.98. The second-order valence-electron chi connectivity index (χ2n) is 7.64. The zero-order valence-electron chi connectivity index (χ0n) is 13.6. The van der Waals surface area contributed by atoms with Crippen molar-refractivity contribution in [1.29, 1.82) is 0 Å². The van der Waals surface area contributed by atoms with E-state index in [4.69, 9.17) is 4.74 Å². The molecule has 2 aliphatic carbocycles. The van der Waals surface area contributed by atoms with Gasteiger partial charge in [-0.2, -0.15) is 4.57 Å². The summed E-state index contributed by atoms with van der Waals surface area (Å²) in [6.07, 6.45) is 7.45. The van der Waals surface area contributed by atoms with Crippen molar-refractivity contribution < 1.29 is 14.1 Å². The van der Waals surface area contributed by atoms with Crippen LogP contribution < -0.4 is 4.57 Å². The second kappa shape index (κ2) is 4.82. The molecule has 0 aliphatic heterocycles. The van der Waals surface area contributed by atoms with Crippen molar-refractivity contribution in [3.8, 4) is 0 Å². The van der Waals surface area contributed by atoms with E-state index in [1.807, 2.05) is 36.0 Å². The zero-order valence-corrected chi connectivity index (χ0v) is 13.6. The van der Waals surface area contributed by atoms with E-state index >= 15 is 0 Å². The van der Waals surface area contributed by atoms with Crippen LogP contribution in [0, 0.1) is 23.7 Å². The van der Waals surface area contributed by atoms with Gasteiger partial charge in [0.1, 0.15) is 6.10 Å². The minimum atomic E-state index is -0.113. The summed E-state index contributed by atoms with van der Waals surface area (Å²) in [7, 11) is 0. The number of pyridine rings is 1. The third-order valence-corrected chi connectivity index (χ3v) is 6.36. The number of hydrogen-bond donors (Lipinski definition) is 0. The molecule has 3 atom stereocenters. The standard InChI is InChI=1S/C18H26NO2/c1-13-6-9-19(10-7-13)12-16(20)21-15-11-14-5-8-18(15,4)17(14,2)3/h6-7,9-10,14-15H,5,8,11-12H2,1-4H3/q+1/t14-,15+,18+/m1/s1. The number of carbonyl (C=O) groups is 1. The quantitative estimate of drug-likeness (QED) is 0.632. The smallest absolute Gasteiger partial charge is 0.372 e. The number of hydrogen-bond acceptors (Lipinski definition) is 2. The Kier molecular flexibility index (Phi) is 3.34. The van der Waals surface area contributed by atoms with Crippen LogP contribution in [-0.2, 0) is 16.1 Å². The zero-order chi connectivity index (χ0) is 15.3. The molecule has 21 heavy (non-hydrogen) atoms. The van der Waals surface area contributed by atoms with Crippen molar-refractivity contribution in [2.75, 3.05) is 0 Å². The second-order valence-corrected chi connectivity index (χ2v) is 7.64. The molecule has 0 amide bonds. The summed E-state index contributed by atoms with van der Waals surface area (Å²) < 4.78 is 7.74. The fourth-order valence-corrected chi connectivity index (χ4v) is 4.29. The third kappa shape index (κ3) is 2.27. The predicted octanol–water partition coefficient (Wildman–Crippen LogP) is 3.04. The molecular weight excluding hydrogens is 262 g/mol. The molecule has 3 rings (SSSR count). The van der Waals surface area contributed by atoms with Gasteiger partial charge in [0.2, 0.25) is 6.54 Å². The number of aromatic nitrogens is 1. The molecule has 0 aromatic carbocycles. The summed E-state index contributed by atoms with van der Waals surface area (Å²) in [5, 5.41) is 0. The van der Waals surface area contributed by atoms with E-state index in [1.165, 1.54) is 18.4 Å². The van der Waals surface area contributed by atoms with E-state index in [-0.39, 0.29) is 22.9 Å². The first-order chi connectivity index (χ1) is 9.83. The van der Waals surface area contributed by atoms with Crippen LogP contribution in [0.15, 0.2) is 24.5 Å². The van der Waals surface area contributed by atoms with Crippen molar-refractivity contribution in [3.63, 3.8) is 0 Å².